The Bertz CT molecular complexity index is 1610. The van der Waals surface area contributed by atoms with Crippen molar-refractivity contribution in [3.8, 4) is 10.4 Å². The number of benzene rings is 3. The molecule has 2 heterocycles. The van der Waals surface area contributed by atoms with Gasteiger partial charge in [0, 0.05) is 29.1 Å². The number of rotatable bonds is 10. The number of aryl methyl sites for hydroxylation is 1. The zero-order chi connectivity index (χ0) is 26.5. The number of hydrogen-bond donors (Lipinski definition) is 3. The van der Waals surface area contributed by atoms with Crippen LogP contribution in [0.2, 0.25) is 0 Å². The third-order valence-electron chi connectivity index (χ3n) is 5.99. The van der Waals surface area contributed by atoms with Crippen LogP contribution in [0.4, 0.5) is 11.6 Å². The van der Waals surface area contributed by atoms with Gasteiger partial charge in [-0.15, -0.1) is 11.3 Å². The fourth-order valence-electron chi connectivity index (χ4n) is 4.07. The second-order valence-electron chi connectivity index (χ2n) is 8.63. The number of anilines is 2. The average molecular weight is 524 g/mol. The van der Waals surface area contributed by atoms with Gasteiger partial charge in [0.1, 0.15) is 0 Å². The first-order valence-corrected chi connectivity index (χ1v) is 12.9. The van der Waals surface area contributed by atoms with Crippen LogP contribution in [0.1, 0.15) is 26.5 Å². The molecule has 3 aromatic carbocycles. The molecule has 0 fully saturated rings. The van der Waals surface area contributed by atoms with Crippen molar-refractivity contribution >= 4 is 51.6 Å². The standard InChI is InChI=1S/C29H25N5O3S/c30-27(36)15-16-34-23-12-11-21(31-18-24(35)19-7-3-1-4-8-19)17-22(23)32-29(34)33-28(37)26-14-13-25(38-26)20-9-5-2-6-10-20/h1-14,17,31H,15-16,18H2,(H2,30,36)(H,32,33,37). The van der Waals surface area contributed by atoms with Crippen LogP contribution in [0.5, 0.6) is 0 Å². The van der Waals surface area contributed by atoms with E-state index in [1.54, 1.807) is 22.8 Å². The van der Waals surface area contributed by atoms with Crippen molar-refractivity contribution in [2.24, 2.45) is 5.73 Å². The number of fused-ring (bicyclic) bond motifs is 1. The van der Waals surface area contributed by atoms with Gasteiger partial charge in [0.05, 0.1) is 22.5 Å². The van der Waals surface area contributed by atoms with E-state index in [2.05, 4.69) is 15.6 Å². The van der Waals surface area contributed by atoms with E-state index < -0.39 is 5.91 Å². The van der Waals surface area contributed by atoms with Gasteiger partial charge in [0.2, 0.25) is 11.9 Å². The molecule has 5 rings (SSSR count). The summed E-state index contributed by atoms with van der Waals surface area (Å²) in [4.78, 5) is 43.2. The minimum atomic E-state index is -0.451. The van der Waals surface area contributed by atoms with Crippen molar-refractivity contribution in [3.63, 3.8) is 0 Å². The third-order valence-corrected chi connectivity index (χ3v) is 7.13. The lowest BCUT2D eigenvalue weighted by molar-refractivity contribution is -0.118. The smallest absolute Gasteiger partial charge is 0.268 e. The molecule has 4 N–H and O–H groups in total. The van der Waals surface area contributed by atoms with Crippen LogP contribution in [-0.4, -0.2) is 33.7 Å². The quantitative estimate of drug-likeness (QED) is 0.218. The number of aromatic nitrogens is 2. The molecule has 0 aliphatic carbocycles. The van der Waals surface area contributed by atoms with Crippen LogP contribution in [0.25, 0.3) is 21.5 Å². The van der Waals surface area contributed by atoms with E-state index in [4.69, 9.17) is 5.73 Å². The minimum absolute atomic E-state index is 0.0311. The first-order valence-electron chi connectivity index (χ1n) is 12.1. The predicted molar refractivity (Wildman–Crippen MR) is 151 cm³/mol. The molecule has 9 heteroatoms. The first-order chi connectivity index (χ1) is 18.5. The number of nitrogens with one attached hydrogen (secondary N) is 2. The number of hydrogen-bond acceptors (Lipinski definition) is 6. The molecule has 0 bridgehead atoms. The van der Waals surface area contributed by atoms with Crippen molar-refractivity contribution in [2.75, 3.05) is 17.2 Å². The van der Waals surface area contributed by atoms with E-state index in [1.165, 1.54) is 11.3 Å². The van der Waals surface area contributed by atoms with Crippen LogP contribution in [0, 0.1) is 0 Å². The van der Waals surface area contributed by atoms with Gasteiger partial charge in [-0.1, -0.05) is 60.7 Å². The second-order valence-corrected chi connectivity index (χ2v) is 9.72. The Morgan fingerprint density at radius 3 is 2.37 bits per heavy atom. The van der Waals surface area contributed by atoms with Crippen molar-refractivity contribution in [1.29, 1.82) is 0 Å². The molecule has 0 aliphatic rings. The van der Waals surface area contributed by atoms with E-state index in [1.807, 2.05) is 72.8 Å². The molecule has 0 saturated carbocycles. The van der Waals surface area contributed by atoms with Gasteiger partial charge < -0.3 is 15.6 Å². The Labute approximate surface area is 223 Å². The fourth-order valence-corrected chi connectivity index (χ4v) is 4.98. The number of thiophene rings is 1. The Kier molecular flexibility index (Phi) is 7.28. The molecular formula is C29H25N5O3S. The first kappa shape index (κ1) is 24.9. The monoisotopic (exact) mass is 523 g/mol. The zero-order valence-electron chi connectivity index (χ0n) is 20.4. The molecule has 38 heavy (non-hydrogen) atoms. The number of carbonyl (C=O) groups excluding carboxylic acids is 3. The highest BCUT2D eigenvalue weighted by Crippen LogP contribution is 2.29. The Morgan fingerprint density at radius 2 is 1.63 bits per heavy atom. The SMILES string of the molecule is NC(=O)CCn1c(NC(=O)c2ccc(-c3ccccc3)s2)nc2cc(NCC(=O)c3ccccc3)ccc21. The van der Waals surface area contributed by atoms with Crippen LogP contribution in [-0.2, 0) is 11.3 Å². The van der Waals surface area contributed by atoms with Gasteiger partial charge >= 0.3 is 0 Å². The Morgan fingerprint density at radius 1 is 0.895 bits per heavy atom. The van der Waals surface area contributed by atoms with Gasteiger partial charge in [-0.25, -0.2) is 4.98 Å². The lowest BCUT2D eigenvalue weighted by atomic mass is 10.1. The normalized spacial score (nSPS) is 10.8. The molecular weight excluding hydrogens is 498 g/mol. The number of imidazole rings is 1. The van der Waals surface area contributed by atoms with Crippen molar-refractivity contribution in [2.45, 2.75) is 13.0 Å². The zero-order valence-corrected chi connectivity index (χ0v) is 21.2. The minimum Gasteiger partial charge on any atom is -0.378 e. The van der Waals surface area contributed by atoms with Crippen molar-refractivity contribution in [1.82, 2.24) is 9.55 Å². The molecule has 5 aromatic rings. The van der Waals surface area contributed by atoms with Crippen LogP contribution in [0.15, 0.2) is 91.0 Å². The molecule has 0 radical (unpaired) electrons. The summed E-state index contributed by atoms with van der Waals surface area (Å²) in [5.41, 5.74) is 9.12. The highest BCUT2D eigenvalue weighted by Gasteiger charge is 2.17. The van der Waals surface area contributed by atoms with Gasteiger partial charge in [0.25, 0.3) is 5.91 Å². The molecule has 2 aromatic heterocycles. The molecule has 0 aliphatic heterocycles. The van der Waals surface area contributed by atoms with E-state index in [0.717, 1.165) is 16.0 Å². The number of nitrogens with two attached hydrogens (primary N) is 1. The summed E-state index contributed by atoms with van der Waals surface area (Å²) in [5, 5.41) is 6.03. The summed E-state index contributed by atoms with van der Waals surface area (Å²) in [6.07, 6.45) is 0.0943. The molecule has 0 spiro atoms. The molecule has 2 amide bonds. The predicted octanol–water partition coefficient (Wildman–Crippen LogP) is 5.19. The van der Waals surface area contributed by atoms with Gasteiger partial charge in [0.15, 0.2) is 5.78 Å². The van der Waals surface area contributed by atoms with Gasteiger partial charge in [-0.05, 0) is 35.9 Å². The van der Waals surface area contributed by atoms with Crippen LogP contribution < -0.4 is 16.4 Å². The lowest BCUT2D eigenvalue weighted by Gasteiger charge is -2.09. The maximum absolute atomic E-state index is 13.1. The Hall–Kier alpha value is -4.76. The number of nitrogens with zero attached hydrogens (tertiary/aromatic N) is 2. The number of ketones is 1. The summed E-state index contributed by atoms with van der Waals surface area (Å²) in [6, 6.07) is 28.1. The summed E-state index contributed by atoms with van der Waals surface area (Å²) in [5.74, 6) is -0.456. The van der Waals surface area contributed by atoms with Crippen molar-refractivity contribution < 1.29 is 14.4 Å². The summed E-state index contributed by atoms with van der Waals surface area (Å²) >= 11 is 1.39. The molecule has 0 saturated heterocycles. The molecule has 190 valence electrons. The van der Waals surface area contributed by atoms with Crippen LogP contribution in [0.3, 0.4) is 0 Å². The molecule has 0 atom stereocenters. The number of carbonyl (C=O) groups is 3. The van der Waals surface area contributed by atoms with Gasteiger partial charge in [-0.2, -0.15) is 0 Å². The molecule has 8 nitrogen and oxygen atoms in total. The van der Waals surface area contributed by atoms with Crippen LogP contribution >= 0.6 is 11.3 Å². The highest BCUT2D eigenvalue weighted by atomic mass is 32.1. The maximum Gasteiger partial charge on any atom is 0.268 e. The van der Waals surface area contributed by atoms with Gasteiger partial charge in [-0.3, -0.25) is 19.7 Å². The largest absolute Gasteiger partial charge is 0.378 e. The maximum atomic E-state index is 13.1. The van der Waals surface area contributed by atoms with E-state index in [0.29, 0.717) is 27.6 Å². The lowest BCUT2D eigenvalue weighted by Crippen LogP contribution is -2.18. The summed E-state index contributed by atoms with van der Waals surface area (Å²) < 4.78 is 1.77. The highest BCUT2D eigenvalue weighted by molar-refractivity contribution is 7.17. The summed E-state index contributed by atoms with van der Waals surface area (Å²) in [7, 11) is 0. The topological polar surface area (TPSA) is 119 Å². The number of Topliss-reactive ketones (excluding diaryl/α,β-unsaturated/α-hetero) is 1. The van der Waals surface area contributed by atoms with Crippen molar-refractivity contribution in [3.05, 3.63) is 101 Å². The second kappa shape index (κ2) is 11.1. The van der Waals surface area contributed by atoms with E-state index in [-0.39, 0.29) is 31.2 Å². The van der Waals surface area contributed by atoms with E-state index in [9.17, 15) is 14.4 Å². The number of amides is 2. The number of primary amides is 1. The van der Waals surface area contributed by atoms with E-state index >= 15 is 0 Å². The molecule has 0 unspecified atom stereocenters. The third kappa shape index (κ3) is 5.63. The summed E-state index contributed by atoms with van der Waals surface area (Å²) in [6.45, 7) is 0.393. The average Bonchev–Trinajstić information content (AvgIpc) is 3.56. The Balaban J connectivity index is 1.37. The fraction of sp³-hybridized carbons (Fsp3) is 0.103.